The molecule has 1 aliphatic rings. The summed E-state index contributed by atoms with van der Waals surface area (Å²) in [6, 6.07) is 11.9. The molecule has 26 heavy (non-hydrogen) atoms. The van der Waals surface area contributed by atoms with Gasteiger partial charge in [0.25, 0.3) is 15.9 Å². The van der Waals surface area contributed by atoms with Crippen LogP contribution in [0, 0.1) is 5.92 Å². The second-order valence-electron chi connectivity index (χ2n) is 7.04. The number of aryl methyl sites for hydroxylation is 2. The number of benzene rings is 2. The quantitative estimate of drug-likeness (QED) is 0.816. The molecule has 5 nitrogen and oxygen atoms in total. The zero-order valence-corrected chi connectivity index (χ0v) is 15.9. The van der Waals surface area contributed by atoms with Crippen LogP contribution in [0.2, 0.25) is 0 Å². The molecule has 0 aliphatic heterocycles. The summed E-state index contributed by atoms with van der Waals surface area (Å²) in [5, 5.41) is 2.82. The lowest BCUT2D eigenvalue weighted by Crippen LogP contribution is -2.28. The fourth-order valence-corrected chi connectivity index (χ4v) is 4.21. The number of amides is 1. The minimum Gasteiger partial charge on any atom is -0.352 e. The molecule has 1 amide bonds. The molecular weight excluding hydrogens is 348 g/mol. The molecule has 0 fully saturated rings. The lowest BCUT2D eigenvalue weighted by atomic mass is 10.1. The van der Waals surface area contributed by atoms with Crippen LogP contribution >= 0.6 is 0 Å². The van der Waals surface area contributed by atoms with Gasteiger partial charge in [-0.3, -0.25) is 9.52 Å². The van der Waals surface area contributed by atoms with Gasteiger partial charge >= 0.3 is 0 Å². The van der Waals surface area contributed by atoms with E-state index < -0.39 is 10.0 Å². The van der Waals surface area contributed by atoms with Gasteiger partial charge in [0, 0.05) is 6.54 Å². The van der Waals surface area contributed by atoms with Crippen LogP contribution in [0.15, 0.2) is 47.4 Å². The summed E-state index contributed by atoms with van der Waals surface area (Å²) in [5.41, 5.74) is 2.92. The van der Waals surface area contributed by atoms with Crippen molar-refractivity contribution in [2.45, 2.75) is 38.0 Å². The molecule has 6 heteroatoms. The van der Waals surface area contributed by atoms with E-state index in [-0.39, 0.29) is 16.5 Å². The average molecular weight is 372 g/mol. The van der Waals surface area contributed by atoms with Crippen molar-refractivity contribution in [3.63, 3.8) is 0 Å². The topological polar surface area (TPSA) is 75.3 Å². The van der Waals surface area contributed by atoms with Crippen molar-refractivity contribution in [3.8, 4) is 0 Å². The zero-order chi connectivity index (χ0) is 18.7. The maximum absolute atomic E-state index is 12.8. The molecule has 0 saturated carbocycles. The molecule has 2 N–H and O–H groups in total. The molecule has 2 aromatic rings. The highest BCUT2D eigenvalue weighted by molar-refractivity contribution is 7.92. The Morgan fingerprint density at radius 2 is 1.81 bits per heavy atom. The van der Waals surface area contributed by atoms with Crippen LogP contribution in [0.4, 0.5) is 5.69 Å². The van der Waals surface area contributed by atoms with Crippen LogP contribution in [0.25, 0.3) is 0 Å². The highest BCUT2D eigenvalue weighted by atomic mass is 32.2. The van der Waals surface area contributed by atoms with Crippen molar-refractivity contribution >= 4 is 21.6 Å². The Kier molecular flexibility index (Phi) is 5.32. The molecule has 3 rings (SSSR count). The van der Waals surface area contributed by atoms with E-state index in [2.05, 4.69) is 10.0 Å². The Bertz CT molecular complexity index is 920. The van der Waals surface area contributed by atoms with E-state index in [1.807, 2.05) is 19.9 Å². The van der Waals surface area contributed by atoms with Crippen LogP contribution in [0.3, 0.4) is 0 Å². The van der Waals surface area contributed by atoms with Crippen LogP contribution in [-0.4, -0.2) is 20.9 Å². The summed E-state index contributed by atoms with van der Waals surface area (Å²) < 4.78 is 28.2. The number of fused-ring (bicyclic) bond motifs is 1. The number of hydrogen-bond donors (Lipinski definition) is 2. The van der Waals surface area contributed by atoms with Gasteiger partial charge in [-0.05, 0) is 60.6 Å². The predicted octanol–water partition coefficient (Wildman–Crippen LogP) is 3.36. The van der Waals surface area contributed by atoms with Gasteiger partial charge in [0.05, 0.1) is 16.1 Å². The lowest BCUT2D eigenvalue weighted by molar-refractivity contribution is 0.0950. The number of para-hydroxylation sites is 1. The first-order valence-electron chi connectivity index (χ1n) is 8.88. The minimum atomic E-state index is -3.75. The van der Waals surface area contributed by atoms with E-state index in [9.17, 15) is 13.2 Å². The Labute approximate surface area is 154 Å². The normalized spacial score (nSPS) is 13.5. The monoisotopic (exact) mass is 372 g/mol. The summed E-state index contributed by atoms with van der Waals surface area (Å²) in [6.07, 6.45) is 2.97. The van der Waals surface area contributed by atoms with Gasteiger partial charge in [-0.15, -0.1) is 0 Å². The van der Waals surface area contributed by atoms with Crippen LogP contribution < -0.4 is 10.0 Å². The number of hydrogen-bond acceptors (Lipinski definition) is 3. The number of carbonyl (C=O) groups is 1. The van der Waals surface area contributed by atoms with Crippen molar-refractivity contribution in [1.82, 2.24) is 5.32 Å². The van der Waals surface area contributed by atoms with Crippen LogP contribution in [-0.2, 0) is 22.9 Å². The fourth-order valence-electron chi connectivity index (χ4n) is 3.08. The van der Waals surface area contributed by atoms with Gasteiger partial charge in [0.15, 0.2) is 0 Å². The Hall–Kier alpha value is -2.34. The highest BCUT2D eigenvalue weighted by Crippen LogP contribution is 2.26. The average Bonchev–Trinajstić information content (AvgIpc) is 3.07. The Morgan fingerprint density at radius 1 is 1.08 bits per heavy atom. The van der Waals surface area contributed by atoms with Crippen molar-refractivity contribution in [2.24, 2.45) is 5.92 Å². The van der Waals surface area contributed by atoms with E-state index in [1.165, 1.54) is 5.56 Å². The summed E-state index contributed by atoms with van der Waals surface area (Å²) >= 11 is 0. The first-order valence-corrected chi connectivity index (χ1v) is 10.4. The molecule has 138 valence electrons. The van der Waals surface area contributed by atoms with Gasteiger partial charge in [-0.2, -0.15) is 0 Å². The largest absolute Gasteiger partial charge is 0.352 e. The molecule has 0 saturated heterocycles. The second kappa shape index (κ2) is 7.50. The number of nitrogens with one attached hydrogen (secondary N) is 2. The molecule has 0 unspecified atom stereocenters. The van der Waals surface area contributed by atoms with E-state index in [0.29, 0.717) is 18.0 Å². The maximum Gasteiger partial charge on any atom is 0.261 e. The number of rotatable bonds is 6. The molecule has 0 aromatic heterocycles. The summed E-state index contributed by atoms with van der Waals surface area (Å²) in [7, 11) is -3.75. The van der Waals surface area contributed by atoms with Gasteiger partial charge in [-0.1, -0.05) is 32.0 Å². The maximum atomic E-state index is 12.8. The van der Waals surface area contributed by atoms with Gasteiger partial charge in [-0.25, -0.2) is 8.42 Å². The third kappa shape index (κ3) is 4.07. The molecule has 0 spiro atoms. The summed E-state index contributed by atoms with van der Waals surface area (Å²) in [6.45, 7) is 4.54. The Morgan fingerprint density at radius 3 is 2.58 bits per heavy atom. The third-order valence-electron chi connectivity index (χ3n) is 4.47. The van der Waals surface area contributed by atoms with Crippen molar-refractivity contribution < 1.29 is 13.2 Å². The molecule has 0 atom stereocenters. The molecule has 0 bridgehead atoms. The number of sulfonamides is 1. The molecule has 2 aromatic carbocycles. The second-order valence-corrected chi connectivity index (χ2v) is 8.72. The first-order chi connectivity index (χ1) is 12.4. The number of carbonyl (C=O) groups excluding carboxylic acids is 1. The van der Waals surface area contributed by atoms with E-state index in [1.54, 1.807) is 36.4 Å². The van der Waals surface area contributed by atoms with E-state index in [0.717, 1.165) is 24.8 Å². The van der Waals surface area contributed by atoms with E-state index in [4.69, 9.17) is 0 Å². The SMILES string of the molecule is CC(C)CNC(=O)c1ccccc1NS(=O)(=O)c1ccc2c(c1)CCC2. The molecule has 1 aliphatic carbocycles. The zero-order valence-electron chi connectivity index (χ0n) is 15.1. The molecular formula is C20H24N2O3S. The summed E-state index contributed by atoms with van der Waals surface area (Å²) in [5.74, 6) is 0.0279. The van der Waals surface area contributed by atoms with Gasteiger partial charge < -0.3 is 5.32 Å². The van der Waals surface area contributed by atoms with Crippen molar-refractivity contribution in [2.75, 3.05) is 11.3 Å². The van der Waals surface area contributed by atoms with Gasteiger partial charge in [0.2, 0.25) is 0 Å². The van der Waals surface area contributed by atoms with Gasteiger partial charge in [0.1, 0.15) is 0 Å². The molecule has 0 heterocycles. The van der Waals surface area contributed by atoms with Crippen LogP contribution in [0.1, 0.15) is 41.8 Å². The van der Waals surface area contributed by atoms with Crippen molar-refractivity contribution in [1.29, 1.82) is 0 Å². The van der Waals surface area contributed by atoms with E-state index >= 15 is 0 Å². The predicted molar refractivity (Wildman–Crippen MR) is 103 cm³/mol. The lowest BCUT2D eigenvalue weighted by Gasteiger charge is -2.14. The van der Waals surface area contributed by atoms with Crippen molar-refractivity contribution in [3.05, 3.63) is 59.2 Å². The Balaban J connectivity index is 1.85. The van der Waals surface area contributed by atoms with Crippen LogP contribution in [0.5, 0.6) is 0 Å². The fraction of sp³-hybridized carbons (Fsp3) is 0.350. The third-order valence-corrected chi connectivity index (χ3v) is 5.83. The molecule has 0 radical (unpaired) electrons. The minimum absolute atomic E-state index is 0.232. The highest BCUT2D eigenvalue weighted by Gasteiger charge is 2.21. The number of anilines is 1. The first kappa shape index (κ1) is 18.5. The smallest absolute Gasteiger partial charge is 0.261 e. The standard InChI is InChI=1S/C20H24N2O3S/c1-14(2)13-21-20(23)18-8-3-4-9-19(18)22-26(24,25)17-11-10-15-6-5-7-16(15)12-17/h3-4,8-12,14,22H,5-7,13H2,1-2H3,(H,21,23). The summed E-state index contributed by atoms with van der Waals surface area (Å²) in [4.78, 5) is 12.6.